The molecule has 0 heterocycles. The SMILES string of the molecule is [CH3-].[CH3-].[CH3-].[Ni+3]. The van der Waals surface area contributed by atoms with Crippen molar-refractivity contribution >= 4 is 0 Å². The van der Waals surface area contributed by atoms with Crippen LogP contribution in [0.25, 0.3) is 0 Å². The average Bonchev–Trinajstić information content (AvgIpc) is 0. The first-order valence-corrected chi connectivity index (χ1v) is 0. The number of hydrogen-bond donors (Lipinski definition) is 0. The van der Waals surface area contributed by atoms with Crippen molar-refractivity contribution in [1.82, 2.24) is 0 Å². The van der Waals surface area contributed by atoms with Crippen molar-refractivity contribution in [3.05, 3.63) is 22.3 Å². The summed E-state index contributed by atoms with van der Waals surface area (Å²) in [6.45, 7) is 0. The van der Waals surface area contributed by atoms with Gasteiger partial charge in [0, 0.05) is 0 Å². The third-order valence-corrected chi connectivity index (χ3v) is 0. The van der Waals surface area contributed by atoms with Crippen molar-refractivity contribution in [3.8, 4) is 0 Å². The van der Waals surface area contributed by atoms with E-state index in [0.717, 1.165) is 0 Å². The second-order valence-corrected chi connectivity index (χ2v) is 0. The Labute approximate surface area is 39.5 Å². The Hall–Kier alpha value is 0.494. The maximum atomic E-state index is 0. The second-order valence-electron chi connectivity index (χ2n) is 0. The largest absolute Gasteiger partial charge is 3.00 e. The summed E-state index contributed by atoms with van der Waals surface area (Å²) in [7, 11) is 0. The topological polar surface area (TPSA) is 0 Å². The van der Waals surface area contributed by atoms with E-state index in [1.54, 1.807) is 0 Å². The molecule has 0 aliphatic heterocycles. The van der Waals surface area contributed by atoms with E-state index in [4.69, 9.17) is 0 Å². The molecule has 0 fully saturated rings. The van der Waals surface area contributed by atoms with Gasteiger partial charge in [-0.3, -0.25) is 0 Å². The van der Waals surface area contributed by atoms with Crippen LogP contribution in [0.4, 0.5) is 0 Å². The van der Waals surface area contributed by atoms with Gasteiger partial charge in [-0.1, -0.05) is 0 Å². The van der Waals surface area contributed by atoms with Crippen LogP contribution in [0, 0.1) is 22.3 Å². The molecule has 0 amide bonds. The molecule has 0 aliphatic rings. The molecule has 0 atom stereocenters. The molecule has 0 N–H and O–H groups in total. The van der Waals surface area contributed by atoms with E-state index in [1.807, 2.05) is 0 Å². The summed E-state index contributed by atoms with van der Waals surface area (Å²) < 4.78 is 0. The van der Waals surface area contributed by atoms with E-state index >= 15 is 0 Å². The van der Waals surface area contributed by atoms with Gasteiger partial charge in [0.1, 0.15) is 0 Å². The number of rotatable bonds is 0. The van der Waals surface area contributed by atoms with E-state index in [0.29, 0.717) is 0 Å². The minimum Gasteiger partial charge on any atom is -0.358 e. The molecule has 0 nitrogen and oxygen atoms in total. The summed E-state index contributed by atoms with van der Waals surface area (Å²) in [4.78, 5) is 0. The summed E-state index contributed by atoms with van der Waals surface area (Å²) >= 11 is 0. The third-order valence-electron chi connectivity index (χ3n) is 0. The Morgan fingerprint density at radius 2 is 0.500 bits per heavy atom. The Kier molecular flexibility index (Phi) is 5020. The zero-order valence-electron chi connectivity index (χ0n) is 3.32. The molecule has 0 aromatic heterocycles. The molecule has 0 rings (SSSR count). The summed E-state index contributed by atoms with van der Waals surface area (Å²) in [6, 6.07) is 0. The fourth-order valence-electron chi connectivity index (χ4n) is 0. The molecule has 0 saturated carbocycles. The van der Waals surface area contributed by atoms with E-state index in [9.17, 15) is 0 Å². The van der Waals surface area contributed by atoms with Crippen molar-refractivity contribution in [2.24, 2.45) is 0 Å². The summed E-state index contributed by atoms with van der Waals surface area (Å²) in [5.74, 6) is 0. The first-order chi connectivity index (χ1) is 0. The predicted molar refractivity (Wildman–Crippen MR) is 19.2 cm³/mol. The minimum absolute atomic E-state index is 0. The van der Waals surface area contributed by atoms with Gasteiger partial charge in [0.05, 0.1) is 0 Å². The maximum Gasteiger partial charge on any atom is 3.00 e. The van der Waals surface area contributed by atoms with Crippen LogP contribution in [-0.2, 0) is 16.5 Å². The maximum absolute atomic E-state index is 0. The van der Waals surface area contributed by atoms with Crippen LogP contribution >= 0.6 is 0 Å². The Bertz CT molecular complexity index is 3.25. The molecular formula is C3H9Ni. The van der Waals surface area contributed by atoms with Gasteiger partial charge >= 0.3 is 16.5 Å². The second kappa shape index (κ2) is 89.2. The fourth-order valence-corrected chi connectivity index (χ4v) is 0. The monoisotopic (exact) mass is 103 g/mol. The summed E-state index contributed by atoms with van der Waals surface area (Å²) in [6.07, 6.45) is 0. The molecule has 0 aliphatic carbocycles. The van der Waals surface area contributed by atoms with Gasteiger partial charge in [0.15, 0.2) is 0 Å². The molecular weight excluding hydrogens is 94.7 g/mol. The van der Waals surface area contributed by atoms with Gasteiger partial charge in [0.2, 0.25) is 0 Å². The van der Waals surface area contributed by atoms with Gasteiger partial charge < -0.3 is 22.3 Å². The molecule has 31 valence electrons. The zero-order chi connectivity index (χ0) is 0. The van der Waals surface area contributed by atoms with Crippen LogP contribution < -0.4 is 0 Å². The molecule has 1 radical (unpaired) electrons. The van der Waals surface area contributed by atoms with E-state index in [-0.39, 0.29) is 38.8 Å². The van der Waals surface area contributed by atoms with Crippen LogP contribution in [0.5, 0.6) is 0 Å². The quantitative estimate of drug-likeness (QED) is 0.321. The average molecular weight is 104 g/mol. The van der Waals surface area contributed by atoms with Crippen LogP contribution in [0.2, 0.25) is 0 Å². The van der Waals surface area contributed by atoms with Crippen LogP contribution in [-0.4, -0.2) is 0 Å². The van der Waals surface area contributed by atoms with Gasteiger partial charge in [-0.2, -0.15) is 0 Å². The van der Waals surface area contributed by atoms with E-state index in [1.165, 1.54) is 0 Å². The van der Waals surface area contributed by atoms with Crippen molar-refractivity contribution < 1.29 is 16.5 Å². The standard InChI is InChI=1S/3CH3.Ni/h3*1H3;/q3*-1;+3. The summed E-state index contributed by atoms with van der Waals surface area (Å²) in [5, 5.41) is 0. The van der Waals surface area contributed by atoms with Gasteiger partial charge in [-0.15, -0.1) is 0 Å². The van der Waals surface area contributed by atoms with Crippen molar-refractivity contribution in [2.45, 2.75) is 0 Å². The summed E-state index contributed by atoms with van der Waals surface area (Å²) in [5.41, 5.74) is 0. The van der Waals surface area contributed by atoms with Crippen LogP contribution in [0.15, 0.2) is 0 Å². The van der Waals surface area contributed by atoms with Gasteiger partial charge in [-0.05, 0) is 0 Å². The van der Waals surface area contributed by atoms with Crippen molar-refractivity contribution in [1.29, 1.82) is 0 Å². The smallest absolute Gasteiger partial charge is 0.358 e. The number of hydrogen-bond acceptors (Lipinski definition) is 0. The molecule has 4 heavy (non-hydrogen) atoms. The normalized spacial score (nSPS) is 0. The van der Waals surface area contributed by atoms with Gasteiger partial charge in [-0.25, -0.2) is 0 Å². The third kappa shape index (κ3) is 22.8. The van der Waals surface area contributed by atoms with E-state index < -0.39 is 0 Å². The molecule has 0 saturated heterocycles. The molecule has 0 aromatic carbocycles. The van der Waals surface area contributed by atoms with E-state index in [2.05, 4.69) is 0 Å². The van der Waals surface area contributed by atoms with Crippen LogP contribution in [0.3, 0.4) is 0 Å². The Balaban J connectivity index is 0. The molecule has 0 aromatic rings. The first-order valence-electron chi connectivity index (χ1n) is 0. The van der Waals surface area contributed by atoms with Crippen molar-refractivity contribution in [2.75, 3.05) is 0 Å². The molecule has 0 bridgehead atoms. The molecule has 0 unspecified atom stereocenters. The predicted octanol–water partition coefficient (Wildman–Crippen LogP) is 1.35. The molecule has 1 heteroatoms. The Morgan fingerprint density at radius 1 is 0.500 bits per heavy atom. The minimum atomic E-state index is 0. The first kappa shape index (κ1) is 225. The van der Waals surface area contributed by atoms with Gasteiger partial charge in [0.25, 0.3) is 0 Å². The van der Waals surface area contributed by atoms with Crippen LogP contribution in [0.1, 0.15) is 0 Å². The Morgan fingerprint density at radius 3 is 0.500 bits per heavy atom. The molecule has 0 spiro atoms. The fraction of sp³-hybridized carbons (Fsp3) is 0. The van der Waals surface area contributed by atoms with Crippen molar-refractivity contribution in [3.63, 3.8) is 0 Å². The zero-order valence-corrected chi connectivity index (χ0v) is 4.30.